The van der Waals surface area contributed by atoms with Gasteiger partial charge < -0.3 is 15.3 Å². The molecule has 0 aliphatic carbocycles. The molecule has 1 atom stereocenters. The Morgan fingerprint density at radius 2 is 1.13 bits per heavy atom. The van der Waals surface area contributed by atoms with Crippen molar-refractivity contribution < 1.29 is 15.3 Å². The number of allylic oxidation sites excluding steroid dienone is 2. The highest BCUT2D eigenvalue weighted by molar-refractivity contribution is 5.68. The Bertz CT molecular complexity index is 1010. The lowest BCUT2D eigenvalue weighted by atomic mass is 9.72. The van der Waals surface area contributed by atoms with Crippen molar-refractivity contribution in [1.82, 2.24) is 0 Å². The molecule has 3 aromatic rings. The van der Waals surface area contributed by atoms with E-state index >= 15 is 0 Å². The fourth-order valence-electron chi connectivity index (χ4n) is 3.97. The summed E-state index contributed by atoms with van der Waals surface area (Å²) in [5.41, 5.74) is 5.69. The Balaban J connectivity index is 2.04. The second-order valence-electron chi connectivity index (χ2n) is 8.63. The third-order valence-electron chi connectivity index (χ3n) is 6.07. The smallest absolute Gasteiger partial charge is 0.115 e. The summed E-state index contributed by atoms with van der Waals surface area (Å²) in [6, 6.07) is 22.2. The summed E-state index contributed by atoms with van der Waals surface area (Å²) in [7, 11) is 0. The second kappa shape index (κ2) is 8.66. The predicted octanol–water partition coefficient (Wildman–Crippen LogP) is 6.75. The maximum Gasteiger partial charge on any atom is 0.115 e. The van der Waals surface area contributed by atoms with Gasteiger partial charge in [-0.05, 0) is 84.3 Å². The molecule has 0 fully saturated rings. The van der Waals surface area contributed by atoms with Gasteiger partial charge in [0.05, 0.1) is 0 Å². The van der Waals surface area contributed by atoms with E-state index in [-0.39, 0.29) is 28.6 Å². The molecule has 0 spiro atoms. The van der Waals surface area contributed by atoms with Crippen molar-refractivity contribution in [2.24, 2.45) is 0 Å². The number of phenolic OH excluding ortho intramolecular Hbond substituents is 3. The molecular formula is C27H30O3. The summed E-state index contributed by atoms with van der Waals surface area (Å²) in [5, 5.41) is 29.1. The van der Waals surface area contributed by atoms with Crippen LogP contribution in [0.15, 0.2) is 78.4 Å². The lowest BCUT2D eigenvalue weighted by Crippen LogP contribution is -2.22. The summed E-state index contributed by atoms with van der Waals surface area (Å²) >= 11 is 0. The molecule has 30 heavy (non-hydrogen) atoms. The van der Waals surface area contributed by atoms with Crippen LogP contribution >= 0.6 is 0 Å². The summed E-state index contributed by atoms with van der Waals surface area (Å²) in [6.07, 6.45) is 0.865. The zero-order valence-corrected chi connectivity index (χ0v) is 18.1. The highest BCUT2D eigenvalue weighted by Crippen LogP contribution is 2.41. The third-order valence-corrected chi connectivity index (χ3v) is 6.07. The van der Waals surface area contributed by atoms with Crippen LogP contribution in [0, 0.1) is 0 Å². The third kappa shape index (κ3) is 4.85. The monoisotopic (exact) mass is 402 g/mol. The molecule has 0 saturated carbocycles. The largest absolute Gasteiger partial charge is 0.508 e. The van der Waals surface area contributed by atoms with Crippen LogP contribution in [0.25, 0.3) is 5.57 Å². The molecule has 0 aromatic heterocycles. The Morgan fingerprint density at radius 3 is 1.63 bits per heavy atom. The van der Waals surface area contributed by atoms with Gasteiger partial charge in [0.2, 0.25) is 0 Å². The van der Waals surface area contributed by atoms with Crippen LogP contribution in [0.3, 0.4) is 0 Å². The normalized spacial score (nSPS) is 13.6. The molecule has 0 amide bonds. The minimum atomic E-state index is -0.132. The molecule has 0 bridgehead atoms. The Morgan fingerprint density at radius 1 is 0.700 bits per heavy atom. The topological polar surface area (TPSA) is 60.7 Å². The van der Waals surface area contributed by atoms with Crippen molar-refractivity contribution >= 4 is 5.57 Å². The van der Waals surface area contributed by atoms with E-state index in [0.29, 0.717) is 0 Å². The number of hydrogen-bond donors (Lipinski definition) is 3. The van der Waals surface area contributed by atoms with Gasteiger partial charge in [-0.1, -0.05) is 55.8 Å². The van der Waals surface area contributed by atoms with Gasteiger partial charge in [0.15, 0.2) is 0 Å². The number of phenols is 3. The fraction of sp³-hybridized carbons (Fsp3) is 0.259. The minimum absolute atomic E-state index is 0.132. The van der Waals surface area contributed by atoms with E-state index in [1.54, 1.807) is 36.4 Å². The molecular weight excluding hydrogens is 372 g/mol. The molecule has 3 rings (SSSR count). The van der Waals surface area contributed by atoms with Crippen LogP contribution in [0.5, 0.6) is 17.2 Å². The molecule has 0 heterocycles. The minimum Gasteiger partial charge on any atom is -0.508 e. The first-order valence-corrected chi connectivity index (χ1v) is 10.2. The van der Waals surface area contributed by atoms with Crippen LogP contribution in [0.1, 0.15) is 56.7 Å². The van der Waals surface area contributed by atoms with E-state index in [9.17, 15) is 15.3 Å². The summed E-state index contributed by atoms with van der Waals surface area (Å²) in [5.74, 6) is 0.923. The van der Waals surface area contributed by atoms with Crippen LogP contribution in [-0.4, -0.2) is 15.3 Å². The quantitative estimate of drug-likeness (QED) is 0.427. The van der Waals surface area contributed by atoms with E-state index in [1.807, 2.05) is 36.4 Å². The van der Waals surface area contributed by atoms with Gasteiger partial charge in [0, 0.05) is 5.92 Å². The highest BCUT2D eigenvalue weighted by atomic mass is 16.3. The standard InChI is InChI=1S/C27H30O3/c1-18(20-5-11-23(28)12-6-20)19(2)26(21-7-13-24(29)14-8-21)17-27(3,4)22-9-15-25(30)16-10-22/h5-16,26,28-30H,17H2,1-4H3. The van der Waals surface area contributed by atoms with Gasteiger partial charge in [-0.15, -0.1) is 0 Å². The zero-order valence-electron chi connectivity index (χ0n) is 18.1. The molecule has 3 heteroatoms. The Hall–Kier alpha value is -3.20. The average molecular weight is 403 g/mol. The van der Waals surface area contributed by atoms with Gasteiger partial charge in [0.1, 0.15) is 17.2 Å². The summed E-state index contributed by atoms with van der Waals surface area (Å²) in [4.78, 5) is 0. The van der Waals surface area contributed by atoms with Crippen molar-refractivity contribution in [3.63, 3.8) is 0 Å². The maximum atomic E-state index is 9.77. The summed E-state index contributed by atoms with van der Waals surface area (Å²) in [6.45, 7) is 8.71. The van der Waals surface area contributed by atoms with Crippen molar-refractivity contribution in [2.45, 2.75) is 45.4 Å². The van der Waals surface area contributed by atoms with E-state index in [0.717, 1.165) is 17.5 Å². The number of rotatable bonds is 6. The first-order chi connectivity index (χ1) is 14.2. The van der Waals surface area contributed by atoms with Crippen molar-refractivity contribution in [2.75, 3.05) is 0 Å². The van der Waals surface area contributed by atoms with Gasteiger partial charge in [-0.2, -0.15) is 0 Å². The molecule has 0 aliphatic rings. The van der Waals surface area contributed by atoms with E-state index in [4.69, 9.17) is 0 Å². The molecule has 3 N–H and O–H groups in total. The van der Waals surface area contributed by atoms with Crippen LogP contribution in [0.2, 0.25) is 0 Å². The zero-order chi connectivity index (χ0) is 21.9. The molecule has 0 radical (unpaired) electrons. The number of hydrogen-bond acceptors (Lipinski definition) is 3. The molecule has 0 saturated heterocycles. The molecule has 156 valence electrons. The first-order valence-electron chi connectivity index (χ1n) is 10.2. The van der Waals surface area contributed by atoms with Crippen molar-refractivity contribution in [3.8, 4) is 17.2 Å². The molecule has 3 nitrogen and oxygen atoms in total. The SMILES string of the molecule is CC(=C(C)C(CC(C)(C)c1ccc(O)cc1)c1ccc(O)cc1)c1ccc(O)cc1. The van der Waals surface area contributed by atoms with Crippen LogP contribution in [-0.2, 0) is 5.41 Å². The predicted molar refractivity (Wildman–Crippen MR) is 123 cm³/mol. The lowest BCUT2D eigenvalue weighted by molar-refractivity contribution is 0.443. The van der Waals surface area contributed by atoms with E-state index in [2.05, 4.69) is 27.7 Å². The van der Waals surface area contributed by atoms with Gasteiger partial charge in [0.25, 0.3) is 0 Å². The number of benzene rings is 3. The average Bonchev–Trinajstić information content (AvgIpc) is 2.72. The molecule has 0 aliphatic heterocycles. The molecule has 1 unspecified atom stereocenters. The van der Waals surface area contributed by atoms with E-state index < -0.39 is 0 Å². The van der Waals surface area contributed by atoms with Gasteiger partial charge in [-0.3, -0.25) is 0 Å². The van der Waals surface area contributed by atoms with Gasteiger partial charge in [-0.25, -0.2) is 0 Å². The Kier molecular flexibility index (Phi) is 6.21. The second-order valence-corrected chi connectivity index (χ2v) is 8.63. The Labute approximate surface area is 179 Å². The molecule has 3 aromatic carbocycles. The lowest BCUT2D eigenvalue weighted by Gasteiger charge is -2.32. The highest BCUT2D eigenvalue weighted by Gasteiger charge is 2.28. The van der Waals surface area contributed by atoms with Crippen molar-refractivity contribution in [3.05, 3.63) is 95.1 Å². The fourth-order valence-corrected chi connectivity index (χ4v) is 3.97. The summed E-state index contributed by atoms with van der Waals surface area (Å²) < 4.78 is 0. The van der Waals surface area contributed by atoms with Crippen LogP contribution < -0.4 is 0 Å². The maximum absolute atomic E-state index is 9.77. The first kappa shape index (κ1) is 21.5. The van der Waals surface area contributed by atoms with Gasteiger partial charge >= 0.3 is 0 Å². The van der Waals surface area contributed by atoms with Crippen LogP contribution in [0.4, 0.5) is 0 Å². The van der Waals surface area contributed by atoms with E-state index in [1.165, 1.54) is 16.7 Å². The van der Waals surface area contributed by atoms with Crippen molar-refractivity contribution in [1.29, 1.82) is 0 Å². The number of aromatic hydroxyl groups is 3.